The molecule has 7 heteroatoms. The normalized spacial score (nSPS) is 13.9. The fourth-order valence-corrected chi connectivity index (χ4v) is 1.10. The van der Waals surface area contributed by atoms with Crippen molar-refractivity contribution in [2.75, 3.05) is 12.4 Å². The summed E-state index contributed by atoms with van der Waals surface area (Å²) in [4.78, 5) is 10.6. The Morgan fingerprint density at radius 1 is 1.67 bits per heavy atom. The van der Waals surface area contributed by atoms with Gasteiger partial charge in [0, 0.05) is 0 Å². The van der Waals surface area contributed by atoms with E-state index in [9.17, 15) is 13.2 Å². The number of hydrogen-bond acceptors (Lipinski definition) is 5. The molecule has 0 heterocycles. The second-order valence-electron chi connectivity index (χ2n) is 2.10. The molecule has 0 aromatic rings. The molecule has 0 aliphatic carbocycles. The van der Waals surface area contributed by atoms with E-state index in [1.807, 2.05) is 0 Å². The quantitative estimate of drug-likeness (QED) is 0.517. The highest BCUT2D eigenvalue weighted by atomic mass is 32.2. The summed E-state index contributed by atoms with van der Waals surface area (Å²) in [6, 6.07) is 0. The van der Waals surface area contributed by atoms with Gasteiger partial charge >= 0.3 is 5.97 Å². The second-order valence-corrected chi connectivity index (χ2v) is 3.76. The third-order valence-electron chi connectivity index (χ3n) is 0.949. The van der Waals surface area contributed by atoms with Gasteiger partial charge < -0.3 is 9.84 Å². The molecule has 72 valence electrons. The minimum absolute atomic E-state index is 0.0838. The van der Waals surface area contributed by atoms with Gasteiger partial charge in [-0.2, -0.15) is 0 Å². The summed E-state index contributed by atoms with van der Waals surface area (Å²) in [5.41, 5.74) is 0. The molecule has 0 spiro atoms. The highest BCUT2D eigenvalue weighted by Gasteiger charge is 2.21. The molecular weight excluding hydrogens is 186 g/mol. The Balaban J connectivity index is 4.05. The Morgan fingerprint density at radius 3 is 2.50 bits per heavy atom. The molecule has 0 fully saturated rings. The zero-order chi connectivity index (χ0) is 9.78. The third kappa shape index (κ3) is 5.05. The van der Waals surface area contributed by atoms with Crippen LogP contribution in [0.3, 0.4) is 0 Å². The molecule has 0 aliphatic rings. The maximum Gasteiger partial charge on any atom is 0.336 e. The van der Waals surface area contributed by atoms with E-state index in [-0.39, 0.29) is 6.61 Å². The summed E-state index contributed by atoms with van der Waals surface area (Å²) in [5, 5.41) is 13.4. The van der Waals surface area contributed by atoms with E-state index in [4.69, 9.17) is 5.11 Å². The molecule has 3 N–H and O–H groups in total. The summed E-state index contributed by atoms with van der Waals surface area (Å²) in [6.07, 6.45) is -1.69. The Kier molecular flexibility index (Phi) is 4.15. The maximum atomic E-state index is 10.6. The van der Waals surface area contributed by atoms with Crippen LogP contribution in [0.15, 0.2) is 0 Å². The van der Waals surface area contributed by atoms with Crippen LogP contribution in [0.4, 0.5) is 0 Å². The second kappa shape index (κ2) is 4.39. The molecule has 0 bridgehead atoms. The molecule has 6 nitrogen and oxygen atoms in total. The molecule has 0 aromatic carbocycles. The maximum absolute atomic E-state index is 10.6. The summed E-state index contributed by atoms with van der Waals surface area (Å²) in [5.74, 6) is -1.79. The number of carbonyl (C=O) groups excluding carboxylic acids is 1. The van der Waals surface area contributed by atoms with Crippen molar-refractivity contribution in [3.63, 3.8) is 0 Å². The van der Waals surface area contributed by atoms with Gasteiger partial charge in [-0.3, -0.25) is 0 Å². The zero-order valence-corrected chi connectivity index (χ0v) is 7.37. The first-order valence-electron chi connectivity index (χ1n) is 3.22. The van der Waals surface area contributed by atoms with Crippen LogP contribution in [0.25, 0.3) is 0 Å². The molecule has 0 aliphatic heterocycles. The van der Waals surface area contributed by atoms with Gasteiger partial charge in [0.05, 0.1) is 6.61 Å². The number of aliphatic hydroxyl groups excluding tert-OH is 1. The standard InChI is InChI=1S/C5H11NO5S/c1-2-11-5(8)4(7)3-12(6,9)10/h4,7H,2-3H2,1H3,(H2,6,9,10). The van der Waals surface area contributed by atoms with Crippen molar-refractivity contribution < 1.29 is 23.1 Å². The number of primary sulfonamides is 1. The molecule has 0 saturated heterocycles. The van der Waals surface area contributed by atoms with Gasteiger partial charge in [-0.25, -0.2) is 18.4 Å². The van der Waals surface area contributed by atoms with E-state index in [1.165, 1.54) is 0 Å². The molecule has 12 heavy (non-hydrogen) atoms. The van der Waals surface area contributed by atoms with Crippen LogP contribution in [0.2, 0.25) is 0 Å². The van der Waals surface area contributed by atoms with Crippen LogP contribution < -0.4 is 5.14 Å². The van der Waals surface area contributed by atoms with Crippen LogP contribution in [-0.2, 0) is 19.6 Å². The first-order chi connectivity index (χ1) is 5.37. The molecule has 0 amide bonds. The fraction of sp³-hybridized carbons (Fsp3) is 0.800. The van der Waals surface area contributed by atoms with E-state index in [0.29, 0.717) is 0 Å². The molecular formula is C5H11NO5S. The van der Waals surface area contributed by atoms with Crippen molar-refractivity contribution in [1.82, 2.24) is 0 Å². The molecule has 1 atom stereocenters. The van der Waals surface area contributed by atoms with Crippen molar-refractivity contribution in [3.05, 3.63) is 0 Å². The monoisotopic (exact) mass is 197 g/mol. The Morgan fingerprint density at radius 2 is 2.17 bits per heavy atom. The number of sulfonamides is 1. The highest BCUT2D eigenvalue weighted by Crippen LogP contribution is 1.91. The lowest BCUT2D eigenvalue weighted by atomic mass is 10.4. The Hall–Kier alpha value is -0.660. The lowest BCUT2D eigenvalue weighted by Crippen LogP contribution is -2.33. The topological polar surface area (TPSA) is 107 Å². The number of ether oxygens (including phenoxy) is 1. The first kappa shape index (κ1) is 11.3. The molecule has 0 aromatic heterocycles. The summed E-state index contributed by atoms with van der Waals surface area (Å²) in [6.45, 7) is 1.63. The van der Waals surface area contributed by atoms with E-state index < -0.39 is 27.8 Å². The van der Waals surface area contributed by atoms with E-state index in [0.717, 1.165) is 0 Å². The number of carbonyl (C=O) groups is 1. The first-order valence-corrected chi connectivity index (χ1v) is 4.93. The average molecular weight is 197 g/mol. The van der Waals surface area contributed by atoms with E-state index in [1.54, 1.807) is 6.92 Å². The van der Waals surface area contributed by atoms with Crippen LogP contribution in [0.1, 0.15) is 6.92 Å². The molecule has 1 unspecified atom stereocenters. The summed E-state index contributed by atoms with van der Waals surface area (Å²) >= 11 is 0. The summed E-state index contributed by atoms with van der Waals surface area (Å²) in [7, 11) is -3.84. The van der Waals surface area contributed by atoms with Crippen molar-refractivity contribution >= 4 is 16.0 Å². The predicted molar refractivity (Wildman–Crippen MR) is 40.6 cm³/mol. The lowest BCUT2D eigenvalue weighted by molar-refractivity contribution is -0.151. The van der Waals surface area contributed by atoms with Crippen molar-refractivity contribution in [1.29, 1.82) is 0 Å². The van der Waals surface area contributed by atoms with Crippen LogP contribution in [-0.4, -0.2) is 38.0 Å². The van der Waals surface area contributed by atoms with Gasteiger partial charge in [0.1, 0.15) is 5.75 Å². The lowest BCUT2D eigenvalue weighted by Gasteiger charge is -2.06. The van der Waals surface area contributed by atoms with Crippen LogP contribution >= 0.6 is 0 Å². The largest absolute Gasteiger partial charge is 0.464 e. The highest BCUT2D eigenvalue weighted by molar-refractivity contribution is 7.89. The minimum Gasteiger partial charge on any atom is -0.464 e. The average Bonchev–Trinajstić information content (AvgIpc) is 1.84. The van der Waals surface area contributed by atoms with Gasteiger partial charge in [0.15, 0.2) is 6.10 Å². The van der Waals surface area contributed by atoms with E-state index >= 15 is 0 Å². The van der Waals surface area contributed by atoms with Crippen molar-refractivity contribution in [2.45, 2.75) is 13.0 Å². The van der Waals surface area contributed by atoms with E-state index in [2.05, 4.69) is 9.88 Å². The van der Waals surface area contributed by atoms with Gasteiger partial charge in [0.2, 0.25) is 10.0 Å². The Labute approximate surface area is 70.4 Å². The number of esters is 1. The molecule has 0 saturated carbocycles. The van der Waals surface area contributed by atoms with Crippen LogP contribution in [0.5, 0.6) is 0 Å². The fourth-order valence-electron chi connectivity index (χ4n) is 0.527. The smallest absolute Gasteiger partial charge is 0.336 e. The molecule has 0 radical (unpaired) electrons. The number of nitrogens with two attached hydrogens (primary N) is 1. The van der Waals surface area contributed by atoms with Crippen LogP contribution in [0, 0.1) is 0 Å². The van der Waals surface area contributed by atoms with Crippen molar-refractivity contribution in [2.24, 2.45) is 5.14 Å². The van der Waals surface area contributed by atoms with Gasteiger partial charge in [-0.05, 0) is 6.92 Å². The molecule has 0 rings (SSSR count). The van der Waals surface area contributed by atoms with Gasteiger partial charge in [-0.1, -0.05) is 0 Å². The Bertz CT molecular complexity index is 247. The predicted octanol–water partition coefficient (Wildman–Crippen LogP) is -1.80. The SMILES string of the molecule is CCOC(=O)C(O)CS(N)(=O)=O. The van der Waals surface area contributed by atoms with Gasteiger partial charge in [0.25, 0.3) is 0 Å². The minimum atomic E-state index is -3.84. The number of aliphatic hydroxyl groups is 1. The number of hydrogen-bond donors (Lipinski definition) is 2. The number of rotatable bonds is 4. The zero-order valence-electron chi connectivity index (χ0n) is 6.56. The van der Waals surface area contributed by atoms with Gasteiger partial charge in [-0.15, -0.1) is 0 Å². The summed E-state index contributed by atoms with van der Waals surface area (Å²) < 4.78 is 25.1. The van der Waals surface area contributed by atoms with Crippen molar-refractivity contribution in [3.8, 4) is 0 Å². The third-order valence-corrected chi connectivity index (χ3v) is 1.73.